The van der Waals surface area contributed by atoms with E-state index in [1.165, 1.54) is 17.4 Å². The Morgan fingerprint density at radius 3 is 2.69 bits per heavy atom. The van der Waals surface area contributed by atoms with Gasteiger partial charge in [0.05, 0.1) is 5.39 Å². The topological polar surface area (TPSA) is 75.2 Å². The van der Waals surface area contributed by atoms with Gasteiger partial charge in [0.25, 0.3) is 11.8 Å². The molecule has 0 bridgehead atoms. The van der Waals surface area contributed by atoms with E-state index in [9.17, 15) is 9.59 Å². The Morgan fingerprint density at radius 2 is 2.00 bits per heavy atom. The van der Waals surface area contributed by atoms with Crippen LogP contribution < -0.4 is 5.43 Å². The van der Waals surface area contributed by atoms with Gasteiger partial charge in [-0.3, -0.25) is 15.0 Å². The number of rotatable bonds is 5. The largest absolute Gasteiger partial charge is 0.275 e. The van der Waals surface area contributed by atoms with Crippen LogP contribution in [0.25, 0.3) is 20.7 Å². The molecule has 0 radical (unpaired) electrons. The Morgan fingerprint density at radius 1 is 1.10 bits per heavy atom. The maximum absolute atomic E-state index is 12.4. The zero-order chi connectivity index (χ0) is 20.0. The van der Waals surface area contributed by atoms with E-state index < -0.39 is 5.91 Å². The van der Waals surface area contributed by atoms with Crippen molar-refractivity contribution in [2.45, 2.75) is 13.3 Å². The zero-order valence-corrected chi connectivity index (χ0v) is 17.7. The van der Waals surface area contributed by atoms with Crippen molar-refractivity contribution in [2.24, 2.45) is 0 Å². The number of hydrazine groups is 1. The summed E-state index contributed by atoms with van der Waals surface area (Å²) in [7, 11) is 0. The monoisotopic (exact) mass is 438 g/mol. The number of fused-ring (bicyclic) bond motifs is 1. The van der Waals surface area contributed by atoms with Gasteiger partial charge < -0.3 is 0 Å². The van der Waals surface area contributed by atoms with E-state index in [1.54, 1.807) is 29.6 Å². The second-order valence-corrected chi connectivity index (χ2v) is 9.11. The van der Waals surface area contributed by atoms with Gasteiger partial charge in [-0.15, -0.1) is 22.7 Å². The van der Waals surface area contributed by atoms with Gasteiger partial charge in [0.15, 0.2) is 5.82 Å². The molecule has 1 N–H and O–H groups in total. The lowest BCUT2D eigenvalue weighted by Crippen LogP contribution is -2.36. The highest BCUT2D eigenvalue weighted by molar-refractivity contribution is 7.18. The van der Waals surface area contributed by atoms with Crippen LogP contribution in [0.3, 0.4) is 0 Å². The highest BCUT2D eigenvalue weighted by Gasteiger charge is 2.30. The number of amides is 2. The molecule has 4 aromatic rings. The van der Waals surface area contributed by atoms with E-state index >= 15 is 0 Å². The highest BCUT2D eigenvalue weighted by Crippen LogP contribution is 2.39. The number of imide groups is 1. The molecule has 1 aliphatic rings. The molecule has 2 amide bonds. The van der Waals surface area contributed by atoms with Crippen molar-refractivity contribution >= 4 is 61.9 Å². The third kappa shape index (κ3) is 3.27. The van der Waals surface area contributed by atoms with Crippen LogP contribution in [0.1, 0.15) is 18.3 Å². The standard InChI is InChI=1S/C20H14N4O2S3/c1-11-7-16(25)24(20(11)26)23-18-17-13(14-3-2-5-28-14)10-29-19(17)22-15(21-18)8-12-4-6-27-9-12/h2-7,9-10H,8H2,1H3,(H,21,22,23). The minimum absolute atomic E-state index is 0.367. The fourth-order valence-corrected chi connectivity index (χ4v) is 5.58. The van der Waals surface area contributed by atoms with Crippen LogP contribution in [0.5, 0.6) is 0 Å². The van der Waals surface area contributed by atoms with E-state index in [0.29, 0.717) is 23.6 Å². The zero-order valence-electron chi connectivity index (χ0n) is 15.2. The first-order chi connectivity index (χ1) is 14.1. The predicted molar refractivity (Wildman–Crippen MR) is 117 cm³/mol. The molecule has 0 atom stereocenters. The van der Waals surface area contributed by atoms with E-state index in [0.717, 1.165) is 31.2 Å². The predicted octanol–water partition coefficient (Wildman–Crippen LogP) is 4.71. The first-order valence-electron chi connectivity index (χ1n) is 8.76. The molecule has 0 saturated heterocycles. The summed E-state index contributed by atoms with van der Waals surface area (Å²) in [4.78, 5) is 36.0. The molecule has 0 aromatic carbocycles. The van der Waals surface area contributed by atoms with E-state index in [-0.39, 0.29) is 5.91 Å². The molecule has 0 saturated carbocycles. The van der Waals surface area contributed by atoms with Crippen LogP contribution in [0, 0.1) is 0 Å². The molecule has 5 heterocycles. The van der Waals surface area contributed by atoms with Crippen LogP contribution >= 0.6 is 34.0 Å². The number of carbonyl (C=O) groups is 2. The Labute approximate surface area is 178 Å². The third-order valence-corrected chi connectivity index (χ3v) is 7.03. The lowest BCUT2D eigenvalue weighted by Gasteiger charge is -2.18. The molecule has 9 heteroatoms. The molecule has 5 rings (SSSR count). The molecule has 144 valence electrons. The molecule has 1 aliphatic heterocycles. The molecule has 0 aliphatic carbocycles. The van der Waals surface area contributed by atoms with Gasteiger partial charge >= 0.3 is 0 Å². The number of carbonyl (C=O) groups excluding carboxylic acids is 2. The lowest BCUT2D eigenvalue weighted by molar-refractivity contribution is -0.135. The normalized spacial score (nSPS) is 14.1. The minimum atomic E-state index is -0.397. The maximum atomic E-state index is 12.4. The third-order valence-electron chi connectivity index (χ3n) is 4.53. The van der Waals surface area contributed by atoms with E-state index in [2.05, 4.69) is 10.8 Å². The minimum Gasteiger partial charge on any atom is -0.271 e. The lowest BCUT2D eigenvalue weighted by atomic mass is 10.2. The summed E-state index contributed by atoms with van der Waals surface area (Å²) < 4.78 is 0. The summed E-state index contributed by atoms with van der Waals surface area (Å²) in [6.07, 6.45) is 1.91. The van der Waals surface area contributed by atoms with Crippen LogP contribution in [-0.4, -0.2) is 26.8 Å². The SMILES string of the molecule is CC1=CC(=O)N(Nc2nc(Cc3ccsc3)nc3scc(-c4cccs4)c23)C1=O. The number of hydrogen-bond acceptors (Lipinski definition) is 8. The average Bonchev–Trinajstić information content (AvgIpc) is 3.47. The van der Waals surface area contributed by atoms with Crippen molar-refractivity contribution in [1.82, 2.24) is 15.0 Å². The van der Waals surface area contributed by atoms with Gasteiger partial charge in [0, 0.05) is 33.9 Å². The van der Waals surface area contributed by atoms with E-state index in [1.807, 2.05) is 34.3 Å². The van der Waals surface area contributed by atoms with Gasteiger partial charge in [-0.1, -0.05) is 6.07 Å². The summed E-state index contributed by atoms with van der Waals surface area (Å²) in [5, 5.41) is 9.97. The molecule has 29 heavy (non-hydrogen) atoms. The molecule has 0 fully saturated rings. The van der Waals surface area contributed by atoms with Crippen LogP contribution in [0.2, 0.25) is 0 Å². The molecule has 0 spiro atoms. The van der Waals surface area contributed by atoms with Gasteiger partial charge in [0.2, 0.25) is 0 Å². The fraction of sp³-hybridized carbons (Fsp3) is 0.100. The summed E-state index contributed by atoms with van der Waals surface area (Å²) in [6.45, 7) is 1.63. The highest BCUT2D eigenvalue weighted by atomic mass is 32.1. The Bertz CT molecular complexity index is 1260. The summed E-state index contributed by atoms with van der Waals surface area (Å²) in [5.74, 6) is 0.344. The Kier molecular flexibility index (Phi) is 4.50. The van der Waals surface area contributed by atoms with Gasteiger partial charge in [-0.25, -0.2) is 9.97 Å². The Hall–Kier alpha value is -2.88. The number of thiophene rings is 3. The van der Waals surface area contributed by atoms with Crippen molar-refractivity contribution in [3.63, 3.8) is 0 Å². The smallest absolute Gasteiger partial charge is 0.271 e. The van der Waals surface area contributed by atoms with Gasteiger partial charge in [-0.05, 0) is 40.8 Å². The van der Waals surface area contributed by atoms with Gasteiger partial charge in [0.1, 0.15) is 10.7 Å². The summed E-state index contributed by atoms with van der Waals surface area (Å²) >= 11 is 4.78. The second kappa shape index (κ2) is 7.18. The van der Waals surface area contributed by atoms with Crippen molar-refractivity contribution in [3.8, 4) is 10.4 Å². The first-order valence-corrected chi connectivity index (χ1v) is 11.5. The number of hydrogen-bond donors (Lipinski definition) is 1. The quantitative estimate of drug-likeness (QED) is 0.457. The van der Waals surface area contributed by atoms with Crippen LogP contribution in [0.15, 0.2) is 51.4 Å². The number of aromatic nitrogens is 2. The maximum Gasteiger partial charge on any atom is 0.275 e. The molecule has 0 unspecified atom stereocenters. The Balaban J connectivity index is 1.62. The number of anilines is 1. The van der Waals surface area contributed by atoms with Crippen molar-refractivity contribution in [2.75, 3.05) is 5.43 Å². The number of nitrogens with zero attached hydrogens (tertiary/aromatic N) is 3. The second-order valence-electron chi connectivity index (χ2n) is 6.52. The molecular weight excluding hydrogens is 424 g/mol. The fourth-order valence-electron chi connectivity index (χ4n) is 3.13. The number of nitrogens with one attached hydrogen (secondary N) is 1. The van der Waals surface area contributed by atoms with E-state index in [4.69, 9.17) is 9.97 Å². The van der Waals surface area contributed by atoms with Crippen LogP contribution in [-0.2, 0) is 16.0 Å². The summed E-state index contributed by atoms with van der Waals surface area (Å²) in [5.41, 5.74) is 5.49. The van der Waals surface area contributed by atoms with Crippen molar-refractivity contribution in [3.05, 3.63) is 62.8 Å². The summed E-state index contributed by atoms with van der Waals surface area (Å²) in [6, 6.07) is 6.06. The van der Waals surface area contributed by atoms with Crippen molar-refractivity contribution in [1.29, 1.82) is 0 Å². The molecular formula is C20H14N4O2S3. The average molecular weight is 439 g/mol. The van der Waals surface area contributed by atoms with Crippen LogP contribution in [0.4, 0.5) is 5.82 Å². The van der Waals surface area contributed by atoms with Crippen molar-refractivity contribution < 1.29 is 9.59 Å². The molecule has 6 nitrogen and oxygen atoms in total. The first kappa shape index (κ1) is 18.2. The van der Waals surface area contributed by atoms with Gasteiger partial charge in [-0.2, -0.15) is 16.3 Å². The molecule has 4 aromatic heterocycles.